The number of nitrogens with zero attached hydrogens (tertiary/aromatic N) is 4. The van der Waals surface area contributed by atoms with Crippen LogP contribution in [0, 0.1) is 23.1 Å². The fraction of sp³-hybridized carbons (Fsp3) is 0.577. The van der Waals surface area contributed by atoms with Crippen LogP contribution in [0.4, 0.5) is 10.3 Å². The van der Waals surface area contributed by atoms with Crippen LogP contribution < -0.4 is 9.64 Å². The molecule has 9 heteroatoms. The summed E-state index contributed by atoms with van der Waals surface area (Å²) in [5.74, 6) is 1.55. The van der Waals surface area contributed by atoms with Gasteiger partial charge in [-0.2, -0.15) is 0 Å². The zero-order valence-electron chi connectivity index (χ0n) is 19.8. The van der Waals surface area contributed by atoms with E-state index in [0.717, 1.165) is 38.3 Å². The van der Waals surface area contributed by atoms with Crippen molar-refractivity contribution in [3.63, 3.8) is 0 Å². The number of benzene rings is 1. The minimum Gasteiger partial charge on any atom is -0.493 e. The summed E-state index contributed by atoms with van der Waals surface area (Å²) in [6.07, 6.45) is 8.96. The highest BCUT2D eigenvalue weighted by molar-refractivity contribution is 6.30. The predicted octanol–water partition coefficient (Wildman–Crippen LogP) is 3.73. The molecule has 0 bridgehead atoms. The first-order valence-electron chi connectivity index (χ1n) is 12.5. The molecule has 1 amide bonds. The van der Waals surface area contributed by atoms with E-state index in [2.05, 4.69) is 14.9 Å². The standard InChI is InChI=1S/C26H32ClFN4O3/c27-21-13-29-25(30-14-21)31-8-3-20(4-9-31)26(5-6-26)7-10-35-22-2-1-19(23(28)12-22)11-24(34)32-15-18(16-32)17-33/h1-2,12-14,18,20,33H,3-11,15-17H2. The van der Waals surface area contributed by atoms with Crippen molar-refractivity contribution in [2.24, 2.45) is 17.3 Å². The summed E-state index contributed by atoms with van der Waals surface area (Å²) in [5, 5.41) is 9.64. The molecular formula is C26H32ClFN4O3. The van der Waals surface area contributed by atoms with Gasteiger partial charge in [-0.25, -0.2) is 14.4 Å². The molecule has 1 aliphatic carbocycles. The Morgan fingerprint density at radius 2 is 1.91 bits per heavy atom. The number of carbonyl (C=O) groups is 1. The van der Waals surface area contributed by atoms with Crippen molar-refractivity contribution in [3.05, 3.63) is 47.0 Å². The van der Waals surface area contributed by atoms with Gasteiger partial charge in [-0.15, -0.1) is 0 Å². The van der Waals surface area contributed by atoms with Crippen molar-refractivity contribution >= 4 is 23.5 Å². The van der Waals surface area contributed by atoms with Crippen molar-refractivity contribution in [2.75, 3.05) is 44.3 Å². The van der Waals surface area contributed by atoms with Gasteiger partial charge in [0.25, 0.3) is 0 Å². The number of likely N-dealkylation sites (tertiary alicyclic amines) is 1. The molecule has 1 aromatic heterocycles. The summed E-state index contributed by atoms with van der Waals surface area (Å²) in [5.41, 5.74) is 0.714. The molecule has 3 fully saturated rings. The van der Waals surface area contributed by atoms with Gasteiger partial charge in [0.15, 0.2) is 0 Å². The highest BCUT2D eigenvalue weighted by atomic mass is 35.5. The number of anilines is 1. The first-order chi connectivity index (χ1) is 17.0. The maximum Gasteiger partial charge on any atom is 0.227 e. The number of hydrogen-bond donors (Lipinski definition) is 1. The van der Waals surface area contributed by atoms with E-state index < -0.39 is 5.82 Å². The molecule has 0 radical (unpaired) electrons. The second kappa shape index (κ2) is 10.3. The van der Waals surface area contributed by atoms with Crippen LogP contribution in [0.1, 0.15) is 37.7 Å². The largest absolute Gasteiger partial charge is 0.493 e. The number of hydrogen-bond acceptors (Lipinski definition) is 6. The summed E-state index contributed by atoms with van der Waals surface area (Å²) >= 11 is 5.90. The second-order valence-corrected chi connectivity index (χ2v) is 10.6. The van der Waals surface area contributed by atoms with Crippen LogP contribution in [0.5, 0.6) is 5.75 Å². The van der Waals surface area contributed by atoms with E-state index in [1.165, 1.54) is 18.9 Å². The highest BCUT2D eigenvalue weighted by Gasteiger charge is 2.49. The number of carbonyl (C=O) groups excluding carboxylic acids is 1. The number of ether oxygens (including phenoxy) is 1. The molecule has 1 saturated carbocycles. The quantitative estimate of drug-likeness (QED) is 0.563. The van der Waals surface area contributed by atoms with E-state index in [9.17, 15) is 9.18 Å². The van der Waals surface area contributed by atoms with E-state index >= 15 is 0 Å². The SMILES string of the molecule is O=C(Cc1ccc(OCCC2(C3CCN(c4ncc(Cl)cn4)CC3)CC2)cc1F)N1CC(CO)C1. The van der Waals surface area contributed by atoms with Crippen LogP contribution in [0.3, 0.4) is 0 Å². The second-order valence-electron chi connectivity index (χ2n) is 10.2. The van der Waals surface area contributed by atoms with Crippen molar-refractivity contribution in [3.8, 4) is 5.75 Å². The molecule has 5 rings (SSSR count). The molecular weight excluding hydrogens is 471 g/mol. The number of aromatic nitrogens is 2. The van der Waals surface area contributed by atoms with Crippen molar-refractivity contribution in [1.29, 1.82) is 0 Å². The number of aliphatic hydroxyl groups excluding tert-OH is 1. The Bertz CT molecular complexity index is 1040. The molecule has 1 aromatic carbocycles. The molecule has 35 heavy (non-hydrogen) atoms. The van der Waals surface area contributed by atoms with Crippen LogP contribution >= 0.6 is 11.6 Å². The first kappa shape index (κ1) is 24.3. The number of rotatable bonds is 9. The van der Waals surface area contributed by atoms with Crippen LogP contribution in [0.2, 0.25) is 5.02 Å². The Balaban J connectivity index is 1.07. The van der Waals surface area contributed by atoms with Gasteiger partial charge in [-0.05, 0) is 55.1 Å². The zero-order chi connectivity index (χ0) is 24.4. The summed E-state index contributed by atoms with van der Waals surface area (Å²) in [7, 11) is 0. The lowest BCUT2D eigenvalue weighted by Gasteiger charge is -2.38. The minimum atomic E-state index is -0.409. The molecule has 0 spiro atoms. The van der Waals surface area contributed by atoms with E-state index in [1.807, 2.05) is 0 Å². The van der Waals surface area contributed by atoms with Gasteiger partial charge in [-0.1, -0.05) is 17.7 Å². The van der Waals surface area contributed by atoms with Gasteiger partial charge in [0, 0.05) is 44.8 Å². The Labute approximate surface area is 210 Å². The fourth-order valence-electron chi connectivity index (χ4n) is 5.48. The molecule has 0 atom stereocenters. The van der Waals surface area contributed by atoms with Crippen molar-refractivity contribution in [2.45, 2.75) is 38.5 Å². The Morgan fingerprint density at radius 3 is 2.54 bits per heavy atom. The molecule has 1 N–H and O–H groups in total. The first-order valence-corrected chi connectivity index (χ1v) is 12.9. The number of amides is 1. The predicted molar refractivity (Wildman–Crippen MR) is 131 cm³/mol. The normalized spacial score (nSPS) is 20.0. The minimum absolute atomic E-state index is 0.0349. The third-order valence-electron chi connectivity index (χ3n) is 7.95. The van der Waals surface area contributed by atoms with E-state index in [0.29, 0.717) is 47.4 Å². The number of aliphatic hydroxyl groups is 1. The lowest BCUT2D eigenvalue weighted by atomic mass is 9.79. The maximum absolute atomic E-state index is 14.6. The van der Waals surface area contributed by atoms with Gasteiger partial charge >= 0.3 is 0 Å². The molecule has 2 saturated heterocycles. The third kappa shape index (κ3) is 5.54. The smallest absolute Gasteiger partial charge is 0.227 e. The molecule has 3 aliphatic rings. The molecule has 0 unspecified atom stereocenters. The van der Waals surface area contributed by atoms with Crippen LogP contribution in [0.25, 0.3) is 0 Å². The molecule has 2 aromatic rings. The molecule has 3 heterocycles. The lowest BCUT2D eigenvalue weighted by molar-refractivity contribution is -0.137. The Hall–Kier alpha value is -2.45. The highest BCUT2D eigenvalue weighted by Crippen LogP contribution is 2.57. The molecule has 7 nitrogen and oxygen atoms in total. The summed E-state index contributed by atoms with van der Waals surface area (Å²) in [6.45, 7) is 3.63. The summed E-state index contributed by atoms with van der Waals surface area (Å²) in [6, 6.07) is 4.79. The van der Waals surface area contributed by atoms with Gasteiger partial charge in [-0.3, -0.25) is 4.79 Å². The van der Waals surface area contributed by atoms with Crippen molar-refractivity contribution in [1.82, 2.24) is 14.9 Å². The third-order valence-corrected chi connectivity index (χ3v) is 8.14. The fourth-order valence-corrected chi connectivity index (χ4v) is 5.58. The van der Waals surface area contributed by atoms with Crippen LogP contribution in [-0.4, -0.2) is 65.3 Å². The summed E-state index contributed by atoms with van der Waals surface area (Å²) in [4.78, 5) is 24.8. The van der Waals surface area contributed by atoms with E-state index in [-0.39, 0.29) is 24.9 Å². The van der Waals surface area contributed by atoms with Crippen LogP contribution in [-0.2, 0) is 11.2 Å². The van der Waals surface area contributed by atoms with Crippen LogP contribution in [0.15, 0.2) is 30.6 Å². The van der Waals surface area contributed by atoms with Gasteiger partial charge < -0.3 is 19.6 Å². The van der Waals surface area contributed by atoms with E-state index in [1.54, 1.807) is 29.4 Å². The zero-order valence-corrected chi connectivity index (χ0v) is 20.6. The Kier molecular flexibility index (Phi) is 7.12. The van der Waals surface area contributed by atoms with Gasteiger partial charge in [0.1, 0.15) is 11.6 Å². The monoisotopic (exact) mass is 502 g/mol. The summed E-state index contributed by atoms with van der Waals surface area (Å²) < 4.78 is 20.5. The van der Waals surface area contributed by atoms with Gasteiger partial charge in [0.05, 0.1) is 30.4 Å². The number of halogens is 2. The van der Waals surface area contributed by atoms with E-state index in [4.69, 9.17) is 21.4 Å². The topological polar surface area (TPSA) is 78.8 Å². The maximum atomic E-state index is 14.6. The molecule has 2 aliphatic heterocycles. The molecule has 188 valence electrons. The van der Waals surface area contributed by atoms with Gasteiger partial charge in [0.2, 0.25) is 11.9 Å². The van der Waals surface area contributed by atoms with Crippen molar-refractivity contribution < 1.29 is 19.0 Å². The Morgan fingerprint density at radius 1 is 1.20 bits per heavy atom. The lowest BCUT2D eigenvalue weighted by Crippen LogP contribution is -2.51. The average molecular weight is 503 g/mol. The average Bonchev–Trinajstić information content (AvgIpc) is 3.62. The number of piperidine rings is 1.